The third kappa shape index (κ3) is 3.62. The van der Waals surface area contributed by atoms with Gasteiger partial charge < -0.3 is 5.11 Å². The first-order chi connectivity index (χ1) is 7.29. The van der Waals surface area contributed by atoms with Crippen molar-refractivity contribution in [3.63, 3.8) is 0 Å². The Kier molecular flexibility index (Phi) is 3.65. The molecule has 0 saturated heterocycles. The minimum absolute atomic E-state index is 0.0290. The monoisotopic (exact) mass is 223 g/mol. The highest BCUT2D eigenvalue weighted by atomic mass is 16.6. The Labute approximate surface area is 95.1 Å². The third-order valence-electron chi connectivity index (χ3n) is 2.29. The second kappa shape index (κ2) is 4.61. The summed E-state index contributed by atoms with van der Waals surface area (Å²) < 4.78 is 0. The van der Waals surface area contributed by atoms with Crippen molar-refractivity contribution in [3.8, 4) is 0 Å². The van der Waals surface area contributed by atoms with E-state index in [-0.39, 0.29) is 11.1 Å². The summed E-state index contributed by atoms with van der Waals surface area (Å²) in [5.74, 6) is 0. The minimum Gasteiger partial charge on any atom is -0.388 e. The number of non-ortho nitro benzene ring substituents is 1. The van der Waals surface area contributed by atoms with Crippen molar-refractivity contribution in [1.82, 2.24) is 0 Å². The fourth-order valence-corrected chi connectivity index (χ4v) is 1.52. The zero-order chi connectivity index (χ0) is 12.3. The first-order valence-electron chi connectivity index (χ1n) is 5.22. The lowest BCUT2D eigenvalue weighted by atomic mass is 9.87. The molecule has 1 atom stereocenters. The quantitative estimate of drug-likeness (QED) is 0.632. The molecule has 1 unspecified atom stereocenters. The lowest BCUT2D eigenvalue weighted by molar-refractivity contribution is -0.384. The van der Waals surface area contributed by atoms with Gasteiger partial charge in [-0.2, -0.15) is 0 Å². The van der Waals surface area contributed by atoms with Crippen LogP contribution in [0.1, 0.15) is 38.9 Å². The summed E-state index contributed by atoms with van der Waals surface area (Å²) in [5.41, 5.74) is 0.800. The summed E-state index contributed by atoms with van der Waals surface area (Å²) in [6.07, 6.45) is 0.0611. The number of aliphatic hydroxyl groups is 1. The summed E-state index contributed by atoms with van der Waals surface area (Å²) in [4.78, 5) is 10.0. The molecular formula is C12H17NO3. The van der Waals surface area contributed by atoms with Gasteiger partial charge in [0, 0.05) is 12.1 Å². The van der Waals surface area contributed by atoms with E-state index >= 15 is 0 Å². The van der Waals surface area contributed by atoms with Gasteiger partial charge in [-0.1, -0.05) is 20.8 Å². The van der Waals surface area contributed by atoms with E-state index in [4.69, 9.17) is 0 Å². The normalized spacial score (nSPS) is 13.5. The number of nitro benzene ring substituents is 1. The SMILES string of the molecule is CC(C)(C)CC(O)c1ccc([N+](=O)[O-])cc1. The lowest BCUT2D eigenvalue weighted by Crippen LogP contribution is -2.11. The van der Waals surface area contributed by atoms with Crippen LogP contribution in [0, 0.1) is 15.5 Å². The molecule has 0 aliphatic carbocycles. The van der Waals surface area contributed by atoms with Crippen molar-refractivity contribution in [1.29, 1.82) is 0 Å². The van der Waals surface area contributed by atoms with Gasteiger partial charge in [0.2, 0.25) is 0 Å². The second-order valence-corrected chi connectivity index (χ2v) is 5.13. The number of nitrogens with zero attached hydrogens (tertiary/aromatic N) is 1. The van der Waals surface area contributed by atoms with Crippen molar-refractivity contribution < 1.29 is 10.0 Å². The maximum absolute atomic E-state index is 10.5. The lowest BCUT2D eigenvalue weighted by Gasteiger charge is -2.22. The smallest absolute Gasteiger partial charge is 0.269 e. The van der Waals surface area contributed by atoms with E-state index in [9.17, 15) is 15.2 Å². The van der Waals surface area contributed by atoms with E-state index in [0.29, 0.717) is 6.42 Å². The van der Waals surface area contributed by atoms with Crippen LogP contribution in [0.4, 0.5) is 5.69 Å². The van der Waals surface area contributed by atoms with Crippen LogP contribution in [0.25, 0.3) is 0 Å². The van der Waals surface area contributed by atoms with E-state index in [0.717, 1.165) is 5.56 Å². The fourth-order valence-electron chi connectivity index (χ4n) is 1.52. The first-order valence-corrected chi connectivity index (χ1v) is 5.22. The molecular weight excluding hydrogens is 206 g/mol. The largest absolute Gasteiger partial charge is 0.388 e. The molecule has 0 amide bonds. The highest BCUT2D eigenvalue weighted by Gasteiger charge is 2.18. The van der Waals surface area contributed by atoms with Gasteiger partial charge in [0.25, 0.3) is 5.69 Å². The molecule has 1 aromatic carbocycles. The van der Waals surface area contributed by atoms with Crippen molar-refractivity contribution in [2.45, 2.75) is 33.3 Å². The minimum atomic E-state index is -0.569. The van der Waals surface area contributed by atoms with Crippen LogP contribution < -0.4 is 0 Å². The Morgan fingerprint density at radius 2 is 1.81 bits per heavy atom. The highest BCUT2D eigenvalue weighted by molar-refractivity contribution is 5.33. The Bertz CT molecular complexity index is 365. The summed E-state index contributed by atoms with van der Waals surface area (Å²) in [5, 5.41) is 20.4. The Hall–Kier alpha value is -1.42. The van der Waals surface area contributed by atoms with Gasteiger partial charge in [-0.05, 0) is 29.5 Å². The molecule has 16 heavy (non-hydrogen) atoms. The number of benzene rings is 1. The van der Waals surface area contributed by atoms with Gasteiger partial charge in [0.05, 0.1) is 11.0 Å². The molecule has 0 aromatic heterocycles. The fraction of sp³-hybridized carbons (Fsp3) is 0.500. The Balaban J connectivity index is 2.78. The number of hydrogen-bond acceptors (Lipinski definition) is 3. The average molecular weight is 223 g/mol. The molecule has 1 aromatic rings. The Morgan fingerprint density at radius 1 is 1.31 bits per heavy atom. The van der Waals surface area contributed by atoms with Crippen molar-refractivity contribution in [2.75, 3.05) is 0 Å². The van der Waals surface area contributed by atoms with Crippen LogP contribution in [0.15, 0.2) is 24.3 Å². The second-order valence-electron chi connectivity index (χ2n) is 5.13. The van der Waals surface area contributed by atoms with Crippen molar-refractivity contribution >= 4 is 5.69 Å². The first kappa shape index (κ1) is 12.6. The summed E-state index contributed by atoms with van der Waals surface area (Å²) in [7, 11) is 0. The van der Waals surface area contributed by atoms with Gasteiger partial charge in [0.1, 0.15) is 0 Å². The molecule has 0 spiro atoms. The molecule has 0 fully saturated rings. The van der Waals surface area contributed by atoms with Crippen LogP contribution in [0.5, 0.6) is 0 Å². The molecule has 0 aliphatic heterocycles. The predicted molar refractivity (Wildman–Crippen MR) is 62.1 cm³/mol. The zero-order valence-electron chi connectivity index (χ0n) is 9.80. The van der Waals surface area contributed by atoms with E-state index in [1.807, 2.05) is 20.8 Å². The summed E-state index contributed by atoms with van der Waals surface area (Å²) in [6.45, 7) is 6.13. The number of aliphatic hydroxyl groups excluding tert-OH is 1. The number of rotatable bonds is 3. The predicted octanol–water partition coefficient (Wildman–Crippen LogP) is 3.06. The van der Waals surface area contributed by atoms with Gasteiger partial charge in [-0.3, -0.25) is 10.1 Å². The van der Waals surface area contributed by atoms with Crippen LogP contribution in [0.3, 0.4) is 0 Å². The molecule has 4 nitrogen and oxygen atoms in total. The zero-order valence-corrected chi connectivity index (χ0v) is 9.80. The molecule has 0 aliphatic rings. The molecule has 0 radical (unpaired) electrons. The molecule has 1 rings (SSSR count). The molecule has 1 N–H and O–H groups in total. The highest BCUT2D eigenvalue weighted by Crippen LogP contribution is 2.29. The number of nitro groups is 1. The molecule has 0 heterocycles. The Morgan fingerprint density at radius 3 is 2.19 bits per heavy atom. The van der Waals surface area contributed by atoms with Gasteiger partial charge in [0.15, 0.2) is 0 Å². The molecule has 4 heteroatoms. The topological polar surface area (TPSA) is 63.4 Å². The van der Waals surface area contributed by atoms with Gasteiger partial charge >= 0.3 is 0 Å². The van der Waals surface area contributed by atoms with E-state index < -0.39 is 11.0 Å². The van der Waals surface area contributed by atoms with Gasteiger partial charge in [-0.25, -0.2) is 0 Å². The van der Waals surface area contributed by atoms with Crippen LogP contribution in [0.2, 0.25) is 0 Å². The average Bonchev–Trinajstić information content (AvgIpc) is 2.15. The molecule has 0 saturated carbocycles. The summed E-state index contributed by atoms with van der Waals surface area (Å²) >= 11 is 0. The van der Waals surface area contributed by atoms with Crippen LogP contribution in [-0.2, 0) is 0 Å². The number of hydrogen-bond donors (Lipinski definition) is 1. The standard InChI is InChI=1S/C12H17NO3/c1-12(2,3)8-11(14)9-4-6-10(7-5-9)13(15)16/h4-7,11,14H,8H2,1-3H3. The van der Waals surface area contributed by atoms with E-state index in [1.165, 1.54) is 12.1 Å². The van der Waals surface area contributed by atoms with Crippen LogP contribution in [-0.4, -0.2) is 10.0 Å². The van der Waals surface area contributed by atoms with Crippen molar-refractivity contribution in [2.24, 2.45) is 5.41 Å². The van der Waals surface area contributed by atoms with E-state index in [1.54, 1.807) is 12.1 Å². The molecule has 0 bridgehead atoms. The maximum Gasteiger partial charge on any atom is 0.269 e. The van der Waals surface area contributed by atoms with Crippen molar-refractivity contribution in [3.05, 3.63) is 39.9 Å². The third-order valence-corrected chi connectivity index (χ3v) is 2.29. The summed E-state index contributed by atoms with van der Waals surface area (Å²) in [6, 6.07) is 6.05. The molecule has 88 valence electrons. The maximum atomic E-state index is 10.5. The van der Waals surface area contributed by atoms with Crippen LogP contribution >= 0.6 is 0 Å². The van der Waals surface area contributed by atoms with E-state index in [2.05, 4.69) is 0 Å². The van der Waals surface area contributed by atoms with Gasteiger partial charge in [-0.15, -0.1) is 0 Å².